The van der Waals surface area contributed by atoms with Gasteiger partial charge in [0, 0.05) is 10.9 Å². The zero-order valence-corrected chi connectivity index (χ0v) is 13.2. The number of thiazole rings is 1. The normalized spacial score (nSPS) is 19.4. The van der Waals surface area contributed by atoms with E-state index in [-0.39, 0.29) is 10.8 Å². The van der Waals surface area contributed by atoms with E-state index in [4.69, 9.17) is 0 Å². The first-order valence-electron chi connectivity index (χ1n) is 6.87. The van der Waals surface area contributed by atoms with E-state index in [0.717, 1.165) is 10.7 Å². The molecule has 1 heterocycles. The van der Waals surface area contributed by atoms with Crippen LogP contribution < -0.4 is 0 Å². The average molecular weight is 271 g/mol. The molecule has 0 unspecified atom stereocenters. The molecule has 1 aromatic carbocycles. The molecule has 0 bridgehead atoms. The molecule has 100 valence electrons. The van der Waals surface area contributed by atoms with Crippen molar-refractivity contribution in [2.24, 2.45) is 0 Å². The molecule has 0 amide bonds. The molecular formula is C17H21NS. The molecule has 0 saturated carbocycles. The fraction of sp³-hybridized carbons (Fsp3) is 0.471. The van der Waals surface area contributed by atoms with Gasteiger partial charge in [-0.15, -0.1) is 11.3 Å². The lowest BCUT2D eigenvalue weighted by Gasteiger charge is -2.22. The van der Waals surface area contributed by atoms with Crippen molar-refractivity contribution in [2.75, 3.05) is 0 Å². The van der Waals surface area contributed by atoms with Crippen molar-refractivity contribution in [3.8, 4) is 11.3 Å². The quantitative estimate of drug-likeness (QED) is 0.705. The van der Waals surface area contributed by atoms with Crippen LogP contribution in [0.1, 0.15) is 50.3 Å². The predicted octanol–water partition coefficient (Wildman–Crippen LogP) is 5.08. The van der Waals surface area contributed by atoms with Crippen molar-refractivity contribution in [3.63, 3.8) is 0 Å². The van der Waals surface area contributed by atoms with Crippen LogP contribution >= 0.6 is 11.3 Å². The van der Waals surface area contributed by atoms with Crippen LogP contribution in [0.2, 0.25) is 0 Å². The maximum absolute atomic E-state index is 4.61. The molecule has 0 fully saturated rings. The summed E-state index contributed by atoms with van der Waals surface area (Å²) in [5.74, 6) is 0. The van der Waals surface area contributed by atoms with Crippen LogP contribution in [-0.2, 0) is 10.8 Å². The minimum atomic E-state index is 0.264. The number of nitrogens with zero attached hydrogens (tertiary/aromatic N) is 1. The van der Waals surface area contributed by atoms with Gasteiger partial charge in [0.15, 0.2) is 0 Å². The summed E-state index contributed by atoms with van der Waals surface area (Å²) in [5, 5.41) is 3.29. The van der Waals surface area contributed by atoms with E-state index < -0.39 is 0 Å². The minimum Gasteiger partial charge on any atom is -0.242 e. The van der Waals surface area contributed by atoms with E-state index >= 15 is 0 Å². The van der Waals surface area contributed by atoms with Gasteiger partial charge in [0.25, 0.3) is 0 Å². The first-order valence-corrected chi connectivity index (χ1v) is 7.75. The van der Waals surface area contributed by atoms with Crippen molar-refractivity contribution in [2.45, 2.75) is 51.9 Å². The van der Waals surface area contributed by atoms with Crippen molar-refractivity contribution < 1.29 is 0 Å². The zero-order valence-electron chi connectivity index (χ0n) is 12.4. The Balaban J connectivity index is 2.15. The van der Waals surface area contributed by atoms with Gasteiger partial charge in [-0.05, 0) is 41.4 Å². The number of aromatic nitrogens is 1. The number of benzene rings is 1. The highest BCUT2D eigenvalue weighted by molar-refractivity contribution is 7.09. The highest BCUT2D eigenvalue weighted by Crippen LogP contribution is 2.50. The molecule has 3 rings (SSSR count). The number of aryl methyl sites for hydroxylation is 1. The van der Waals surface area contributed by atoms with E-state index in [9.17, 15) is 0 Å². The van der Waals surface area contributed by atoms with Crippen LogP contribution in [-0.4, -0.2) is 4.98 Å². The summed E-state index contributed by atoms with van der Waals surface area (Å²) in [6.45, 7) is 11.5. The van der Waals surface area contributed by atoms with Gasteiger partial charge in [0.2, 0.25) is 0 Å². The van der Waals surface area contributed by atoms with Crippen molar-refractivity contribution >= 4 is 11.3 Å². The van der Waals surface area contributed by atoms with Crippen LogP contribution in [0.15, 0.2) is 23.6 Å². The molecule has 1 aliphatic rings. The minimum absolute atomic E-state index is 0.264. The number of rotatable bonds is 1. The van der Waals surface area contributed by atoms with Gasteiger partial charge in [-0.2, -0.15) is 0 Å². The third kappa shape index (κ3) is 2.02. The number of hydrogen-bond acceptors (Lipinski definition) is 2. The van der Waals surface area contributed by atoms with E-state index in [1.54, 1.807) is 11.3 Å². The predicted molar refractivity (Wildman–Crippen MR) is 83.0 cm³/mol. The second-order valence-corrected chi connectivity index (χ2v) is 8.02. The van der Waals surface area contributed by atoms with Crippen molar-refractivity contribution in [1.82, 2.24) is 4.98 Å². The molecule has 2 aromatic rings. The Kier molecular flexibility index (Phi) is 2.66. The Labute approximate surface area is 119 Å². The maximum Gasteiger partial charge on any atom is 0.0901 e. The van der Waals surface area contributed by atoms with Gasteiger partial charge in [0.1, 0.15) is 0 Å². The second-order valence-electron chi connectivity index (χ2n) is 6.96. The molecule has 0 saturated heterocycles. The lowest BCUT2D eigenvalue weighted by atomic mass is 9.82. The van der Waals surface area contributed by atoms with Crippen LogP contribution in [0, 0.1) is 6.92 Å². The maximum atomic E-state index is 4.61. The number of fused-ring (bicyclic) bond motifs is 1. The van der Waals surface area contributed by atoms with Gasteiger partial charge in [0.05, 0.1) is 10.7 Å². The Bertz CT molecular complexity index is 634. The van der Waals surface area contributed by atoms with E-state index in [1.807, 2.05) is 0 Å². The van der Waals surface area contributed by atoms with Gasteiger partial charge >= 0.3 is 0 Å². The largest absolute Gasteiger partial charge is 0.242 e. The summed E-state index contributed by atoms with van der Waals surface area (Å²) in [6.07, 6.45) is 1.22. The van der Waals surface area contributed by atoms with Gasteiger partial charge in [-0.3, -0.25) is 0 Å². The lowest BCUT2D eigenvalue weighted by molar-refractivity contribution is 0.403. The Hall–Kier alpha value is -1.15. The summed E-state index contributed by atoms with van der Waals surface area (Å²) >= 11 is 1.72. The molecule has 1 aromatic heterocycles. The molecule has 0 aliphatic heterocycles. The summed E-state index contributed by atoms with van der Waals surface area (Å²) in [4.78, 5) is 4.61. The average Bonchev–Trinajstić information content (AvgIpc) is 2.80. The third-order valence-corrected chi connectivity index (χ3v) is 5.05. The highest BCUT2D eigenvalue weighted by atomic mass is 32.1. The molecule has 0 atom stereocenters. The molecule has 1 nitrogen and oxygen atoms in total. The molecule has 19 heavy (non-hydrogen) atoms. The summed E-state index contributed by atoms with van der Waals surface area (Å²) in [6, 6.07) is 6.91. The smallest absolute Gasteiger partial charge is 0.0901 e. The van der Waals surface area contributed by atoms with Gasteiger partial charge in [-0.1, -0.05) is 39.8 Å². The topological polar surface area (TPSA) is 12.9 Å². The Morgan fingerprint density at radius 3 is 2.37 bits per heavy atom. The fourth-order valence-corrected chi connectivity index (χ4v) is 4.27. The van der Waals surface area contributed by atoms with Crippen LogP contribution in [0.3, 0.4) is 0 Å². The summed E-state index contributed by atoms with van der Waals surface area (Å²) in [7, 11) is 0. The SMILES string of the molecule is Cc1nc(-c2ccc3c(c2)C(C)(C)CC3(C)C)cs1. The third-order valence-electron chi connectivity index (χ3n) is 4.28. The molecule has 0 spiro atoms. The van der Waals surface area contributed by atoms with Gasteiger partial charge < -0.3 is 0 Å². The highest BCUT2D eigenvalue weighted by Gasteiger charge is 2.41. The summed E-state index contributed by atoms with van der Waals surface area (Å²) < 4.78 is 0. The van der Waals surface area contributed by atoms with Crippen molar-refractivity contribution in [3.05, 3.63) is 39.7 Å². The molecule has 1 aliphatic carbocycles. The van der Waals surface area contributed by atoms with Crippen LogP contribution in [0.25, 0.3) is 11.3 Å². The first-order chi connectivity index (χ1) is 8.79. The zero-order chi connectivity index (χ0) is 13.8. The molecular weight excluding hydrogens is 250 g/mol. The first kappa shape index (κ1) is 12.9. The number of hydrogen-bond donors (Lipinski definition) is 0. The summed E-state index contributed by atoms with van der Waals surface area (Å²) in [5.41, 5.74) is 5.93. The lowest BCUT2D eigenvalue weighted by Crippen LogP contribution is -2.17. The monoisotopic (exact) mass is 271 g/mol. The van der Waals surface area contributed by atoms with E-state index in [2.05, 4.69) is 63.2 Å². The molecule has 2 heteroatoms. The van der Waals surface area contributed by atoms with Crippen LogP contribution in [0.4, 0.5) is 0 Å². The van der Waals surface area contributed by atoms with Crippen molar-refractivity contribution in [1.29, 1.82) is 0 Å². The standard InChI is InChI=1S/C17H21NS/c1-11-18-15(9-19-11)12-6-7-13-14(8-12)17(4,5)10-16(13,2)3/h6-9H,10H2,1-5H3. The van der Waals surface area contributed by atoms with E-state index in [0.29, 0.717) is 0 Å². The van der Waals surface area contributed by atoms with Gasteiger partial charge in [-0.25, -0.2) is 4.98 Å². The molecule has 0 radical (unpaired) electrons. The second kappa shape index (κ2) is 3.92. The van der Waals surface area contributed by atoms with Crippen LogP contribution in [0.5, 0.6) is 0 Å². The van der Waals surface area contributed by atoms with E-state index in [1.165, 1.54) is 23.1 Å². The Morgan fingerprint density at radius 2 is 1.74 bits per heavy atom. The molecule has 0 N–H and O–H groups in total. The Morgan fingerprint density at radius 1 is 1.05 bits per heavy atom. The fourth-order valence-electron chi connectivity index (χ4n) is 3.64.